The first-order valence-electron chi connectivity index (χ1n) is 7.70. The number of benzene rings is 1. The van der Waals surface area contributed by atoms with Crippen molar-refractivity contribution in [3.8, 4) is 17.0 Å². The fourth-order valence-electron chi connectivity index (χ4n) is 2.87. The Morgan fingerprint density at radius 3 is 2.76 bits per heavy atom. The number of aromatic nitrogens is 2. The van der Waals surface area contributed by atoms with Crippen molar-refractivity contribution < 1.29 is 9.13 Å². The summed E-state index contributed by atoms with van der Waals surface area (Å²) in [5, 5.41) is 0.428. The highest BCUT2D eigenvalue weighted by molar-refractivity contribution is 6.30. The third-order valence-corrected chi connectivity index (χ3v) is 4.25. The van der Waals surface area contributed by atoms with Crippen molar-refractivity contribution in [2.45, 2.75) is 0 Å². The molecule has 0 saturated heterocycles. The van der Waals surface area contributed by atoms with E-state index in [1.165, 1.54) is 18.2 Å². The summed E-state index contributed by atoms with van der Waals surface area (Å²) in [6, 6.07) is 9.89. The van der Waals surface area contributed by atoms with Gasteiger partial charge >= 0.3 is 0 Å². The molecule has 0 bridgehead atoms. The molecule has 7 heteroatoms. The van der Waals surface area contributed by atoms with E-state index in [1.54, 1.807) is 18.5 Å². The minimum absolute atomic E-state index is 0.214. The maximum Gasteiger partial charge on any atom is 0.185 e. The van der Waals surface area contributed by atoms with Gasteiger partial charge in [0.15, 0.2) is 11.6 Å². The summed E-state index contributed by atoms with van der Waals surface area (Å²) in [5.74, 6) is 0.295. The summed E-state index contributed by atoms with van der Waals surface area (Å²) in [4.78, 5) is 10.4. The van der Waals surface area contributed by atoms with Crippen molar-refractivity contribution in [3.63, 3.8) is 0 Å². The Morgan fingerprint density at radius 1 is 1.16 bits per heavy atom. The summed E-state index contributed by atoms with van der Waals surface area (Å²) < 4.78 is 19.9. The van der Waals surface area contributed by atoms with Gasteiger partial charge in [0.05, 0.1) is 17.9 Å². The van der Waals surface area contributed by atoms with Crippen molar-refractivity contribution in [2.24, 2.45) is 0 Å². The first-order valence-corrected chi connectivity index (χ1v) is 8.07. The average molecular weight is 357 g/mol. The standard InChI is InChI=1S/C18H14ClFN4O/c19-11-1-2-14(20)13(9-11)15-10-16-17(18(21)23-15)25-8-7-24(16)12-3-5-22-6-4-12/h1-6,9-10H,7-8H2,(H2,21,23). The molecule has 0 saturated carbocycles. The lowest BCUT2D eigenvalue weighted by Crippen LogP contribution is -2.29. The van der Waals surface area contributed by atoms with Gasteiger partial charge in [-0.15, -0.1) is 0 Å². The maximum absolute atomic E-state index is 14.2. The molecule has 25 heavy (non-hydrogen) atoms. The molecule has 1 aliphatic rings. The second-order valence-corrected chi connectivity index (χ2v) is 6.01. The number of fused-ring (bicyclic) bond motifs is 1. The van der Waals surface area contributed by atoms with Crippen LogP contribution in [0, 0.1) is 5.82 Å². The van der Waals surface area contributed by atoms with Gasteiger partial charge in [0.1, 0.15) is 12.4 Å². The molecule has 0 fully saturated rings. The number of nitrogens with zero attached hydrogens (tertiary/aromatic N) is 3. The van der Waals surface area contributed by atoms with Crippen LogP contribution >= 0.6 is 11.6 Å². The van der Waals surface area contributed by atoms with Crippen molar-refractivity contribution >= 4 is 28.8 Å². The van der Waals surface area contributed by atoms with E-state index >= 15 is 0 Å². The van der Waals surface area contributed by atoms with Crippen LogP contribution in [0.15, 0.2) is 48.8 Å². The Balaban J connectivity index is 1.88. The minimum Gasteiger partial charge on any atom is -0.486 e. The predicted octanol–water partition coefficient (Wildman–Crippen LogP) is 4.05. The average Bonchev–Trinajstić information content (AvgIpc) is 2.64. The molecule has 2 aromatic heterocycles. The number of halogens is 2. The summed E-state index contributed by atoms with van der Waals surface area (Å²) in [6.45, 7) is 1.12. The van der Waals surface area contributed by atoms with Gasteiger partial charge in [0.25, 0.3) is 0 Å². The first kappa shape index (κ1) is 15.7. The molecule has 3 aromatic rings. The van der Waals surface area contributed by atoms with Gasteiger partial charge in [-0.05, 0) is 36.4 Å². The number of anilines is 3. The molecule has 0 unspecified atom stereocenters. The third kappa shape index (κ3) is 2.85. The van der Waals surface area contributed by atoms with E-state index in [4.69, 9.17) is 22.1 Å². The fraction of sp³-hybridized carbons (Fsp3) is 0.111. The molecule has 0 atom stereocenters. The Hall–Kier alpha value is -2.86. The van der Waals surface area contributed by atoms with Crippen LogP contribution in [0.4, 0.5) is 21.6 Å². The quantitative estimate of drug-likeness (QED) is 0.750. The number of ether oxygens (including phenoxy) is 1. The Labute approximate surface area is 148 Å². The fourth-order valence-corrected chi connectivity index (χ4v) is 3.04. The lowest BCUT2D eigenvalue weighted by Gasteiger charge is -2.32. The van der Waals surface area contributed by atoms with Gasteiger partial charge in [-0.2, -0.15) is 0 Å². The normalized spacial score (nSPS) is 13.3. The predicted molar refractivity (Wildman–Crippen MR) is 95.8 cm³/mol. The van der Waals surface area contributed by atoms with Crippen molar-refractivity contribution in [1.29, 1.82) is 0 Å². The summed E-state index contributed by atoms with van der Waals surface area (Å²) in [7, 11) is 0. The number of hydrogen-bond acceptors (Lipinski definition) is 5. The van der Waals surface area contributed by atoms with Gasteiger partial charge in [0.2, 0.25) is 0 Å². The zero-order valence-corrected chi connectivity index (χ0v) is 13.9. The monoisotopic (exact) mass is 356 g/mol. The first-order chi connectivity index (χ1) is 12.1. The summed E-state index contributed by atoms with van der Waals surface area (Å²) in [5.41, 5.74) is 8.46. The van der Waals surface area contributed by atoms with Crippen LogP contribution in [0.3, 0.4) is 0 Å². The van der Waals surface area contributed by atoms with Gasteiger partial charge in [-0.3, -0.25) is 4.98 Å². The second-order valence-electron chi connectivity index (χ2n) is 5.57. The zero-order valence-electron chi connectivity index (χ0n) is 13.1. The molecule has 4 rings (SSSR count). The largest absolute Gasteiger partial charge is 0.486 e. The molecule has 3 heterocycles. The van der Waals surface area contributed by atoms with E-state index in [-0.39, 0.29) is 5.82 Å². The van der Waals surface area contributed by atoms with Crippen LogP contribution in [0.2, 0.25) is 5.02 Å². The number of pyridine rings is 2. The molecule has 0 amide bonds. The van der Waals surface area contributed by atoms with E-state index in [0.717, 1.165) is 11.4 Å². The van der Waals surface area contributed by atoms with Gasteiger partial charge in [-0.1, -0.05) is 11.6 Å². The highest BCUT2D eigenvalue weighted by atomic mass is 35.5. The molecule has 0 radical (unpaired) electrons. The molecule has 0 aliphatic carbocycles. The molecule has 126 valence electrons. The highest BCUT2D eigenvalue weighted by Gasteiger charge is 2.24. The van der Waals surface area contributed by atoms with Crippen molar-refractivity contribution in [2.75, 3.05) is 23.8 Å². The van der Waals surface area contributed by atoms with Crippen LogP contribution in [-0.2, 0) is 0 Å². The Morgan fingerprint density at radius 2 is 1.96 bits per heavy atom. The van der Waals surface area contributed by atoms with Gasteiger partial charge < -0.3 is 15.4 Å². The van der Waals surface area contributed by atoms with Gasteiger partial charge in [0, 0.05) is 28.7 Å². The number of rotatable bonds is 2. The molecule has 1 aromatic carbocycles. The van der Waals surface area contributed by atoms with E-state index < -0.39 is 5.82 Å². The maximum atomic E-state index is 14.2. The number of nitrogen functional groups attached to an aromatic ring is 1. The van der Waals surface area contributed by atoms with Gasteiger partial charge in [-0.25, -0.2) is 9.37 Å². The van der Waals surface area contributed by atoms with Crippen LogP contribution in [-0.4, -0.2) is 23.1 Å². The Bertz CT molecular complexity index is 936. The van der Waals surface area contributed by atoms with Crippen LogP contribution in [0.5, 0.6) is 5.75 Å². The zero-order chi connectivity index (χ0) is 17.4. The Kier molecular flexibility index (Phi) is 3.89. The summed E-state index contributed by atoms with van der Waals surface area (Å²) in [6.07, 6.45) is 3.43. The molecule has 5 nitrogen and oxygen atoms in total. The van der Waals surface area contributed by atoms with Crippen LogP contribution in [0.1, 0.15) is 0 Å². The topological polar surface area (TPSA) is 64.3 Å². The van der Waals surface area contributed by atoms with E-state index in [1.807, 2.05) is 17.0 Å². The minimum atomic E-state index is -0.413. The SMILES string of the molecule is Nc1nc(-c2cc(Cl)ccc2F)cc2c1OCCN2c1ccncc1. The highest BCUT2D eigenvalue weighted by Crippen LogP contribution is 2.42. The van der Waals surface area contributed by atoms with E-state index in [9.17, 15) is 4.39 Å². The number of hydrogen-bond donors (Lipinski definition) is 1. The second kappa shape index (κ2) is 6.22. The molecule has 1 aliphatic heterocycles. The van der Waals surface area contributed by atoms with Crippen LogP contribution in [0.25, 0.3) is 11.3 Å². The third-order valence-electron chi connectivity index (χ3n) is 4.01. The molecular weight excluding hydrogens is 343 g/mol. The summed E-state index contributed by atoms with van der Waals surface area (Å²) >= 11 is 6.01. The molecule has 2 N–H and O–H groups in total. The lowest BCUT2D eigenvalue weighted by atomic mass is 10.1. The van der Waals surface area contributed by atoms with E-state index in [2.05, 4.69) is 9.97 Å². The molecular formula is C18H14ClFN4O. The lowest BCUT2D eigenvalue weighted by molar-refractivity contribution is 0.315. The molecule has 0 spiro atoms. The smallest absolute Gasteiger partial charge is 0.185 e. The van der Waals surface area contributed by atoms with Crippen LogP contribution < -0.4 is 15.4 Å². The van der Waals surface area contributed by atoms with Crippen molar-refractivity contribution in [3.05, 3.63) is 59.6 Å². The van der Waals surface area contributed by atoms with Crippen molar-refractivity contribution in [1.82, 2.24) is 9.97 Å². The van der Waals surface area contributed by atoms with E-state index in [0.29, 0.717) is 35.2 Å². The number of nitrogens with two attached hydrogens (primary N) is 1.